The summed E-state index contributed by atoms with van der Waals surface area (Å²) in [5.74, 6) is 1.94. The third kappa shape index (κ3) is 1.66. The summed E-state index contributed by atoms with van der Waals surface area (Å²) in [6, 6.07) is 18.1. The van der Waals surface area contributed by atoms with Gasteiger partial charge in [0, 0.05) is 24.3 Å². The van der Waals surface area contributed by atoms with Crippen LogP contribution in [0.3, 0.4) is 0 Å². The minimum atomic E-state index is -0.443. The van der Waals surface area contributed by atoms with Gasteiger partial charge in [-0.05, 0) is 74.2 Å². The molecular formula is C27H22N2O+2. The number of benzene rings is 2. The van der Waals surface area contributed by atoms with Crippen LogP contribution in [0, 0.1) is 27.7 Å². The average molecular weight is 390 g/mol. The molecule has 2 aromatic heterocycles. The molecule has 0 amide bonds. The lowest BCUT2D eigenvalue weighted by Crippen LogP contribution is -2.71. The molecule has 0 fully saturated rings. The van der Waals surface area contributed by atoms with Crippen LogP contribution in [-0.4, -0.2) is 0 Å². The Bertz CT molecular complexity index is 1350. The van der Waals surface area contributed by atoms with E-state index in [0.29, 0.717) is 0 Å². The van der Waals surface area contributed by atoms with E-state index < -0.39 is 5.66 Å². The Labute approximate surface area is 175 Å². The van der Waals surface area contributed by atoms with Gasteiger partial charge in [-0.25, -0.2) is 0 Å². The van der Waals surface area contributed by atoms with Crippen molar-refractivity contribution in [3.63, 3.8) is 0 Å². The zero-order chi connectivity index (χ0) is 20.4. The van der Waals surface area contributed by atoms with Gasteiger partial charge in [-0.15, -0.1) is 9.13 Å². The monoisotopic (exact) mass is 390 g/mol. The Morgan fingerprint density at radius 1 is 0.600 bits per heavy atom. The summed E-state index contributed by atoms with van der Waals surface area (Å²) in [5.41, 5.74) is 12.1. The lowest BCUT2D eigenvalue weighted by molar-refractivity contribution is -0.955. The van der Waals surface area contributed by atoms with Crippen LogP contribution in [-0.2, 0) is 5.66 Å². The second-order valence-corrected chi connectivity index (χ2v) is 9.06. The number of aryl methyl sites for hydroxylation is 4. The Hall–Kier alpha value is -3.46. The minimum Gasteiger partial charge on any atom is -0.456 e. The Morgan fingerprint density at radius 3 is 1.53 bits per heavy atom. The maximum absolute atomic E-state index is 6.61. The molecule has 3 aliphatic heterocycles. The van der Waals surface area contributed by atoms with Crippen molar-refractivity contribution in [3.05, 3.63) is 94.3 Å². The molecule has 0 radical (unpaired) electrons. The average Bonchev–Trinajstić information content (AvgIpc) is 3.13. The van der Waals surface area contributed by atoms with Crippen LogP contribution in [0.15, 0.2) is 60.9 Å². The number of aromatic nitrogens is 2. The zero-order valence-electron chi connectivity index (χ0n) is 17.6. The highest BCUT2D eigenvalue weighted by molar-refractivity contribution is 5.81. The molecule has 3 nitrogen and oxygen atoms in total. The third-order valence-electron chi connectivity index (χ3n) is 6.88. The molecule has 3 aliphatic rings. The van der Waals surface area contributed by atoms with E-state index >= 15 is 0 Å². The van der Waals surface area contributed by atoms with Gasteiger partial charge >= 0.3 is 5.66 Å². The molecule has 0 unspecified atom stereocenters. The first-order chi connectivity index (χ1) is 14.5. The molecule has 0 aliphatic carbocycles. The van der Waals surface area contributed by atoms with Gasteiger partial charge in [-0.1, -0.05) is 0 Å². The molecular weight excluding hydrogens is 368 g/mol. The maximum Gasteiger partial charge on any atom is 0.424 e. The van der Waals surface area contributed by atoms with E-state index in [-0.39, 0.29) is 0 Å². The van der Waals surface area contributed by atoms with Gasteiger partial charge in [0.05, 0.1) is 11.1 Å². The molecule has 4 aromatic rings. The zero-order valence-corrected chi connectivity index (χ0v) is 17.6. The molecule has 30 heavy (non-hydrogen) atoms. The molecule has 0 saturated heterocycles. The summed E-state index contributed by atoms with van der Waals surface area (Å²) in [7, 11) is 0. The van der Waals surface area contributed by atoms with Crippen LogP contribution in [0.4, 0.5) is 0 Å². The third-order valence-corrected chi connectivity index (χ3v) is 6.88. The van der Waals surface area contributed by atoms with E-state index in [4.69, 9.17) is 4.74 Å². The predicted octanol–water partition coefficient (Wildman–Crippen LogP) is 4.86. The van der Waals surface area contributed by atoms with Crippen LogP contribution in [0.1, 0.15) is 33.4 Å². The summed E-state index contributed by atoms with van der Waals surface area (Å²) in [6.45, 7) is 8.64. The second-order valence-electron chi connectivity index (χ2n) is 9.06. The van der Waals surface area contributed by atoms with Crippen molar-refractivity contribution in [1.29, 1.82) is 0 Å². The standard InChI is InChI=1S/C27H22N2O/c1-15-5-7-28-21(11-15)19-9-17(3)13-23-25(19)27(28)26-20(10-18(4)14-24(26)30-23)22-12-16(2)6-8-29(22)27/h5-14H,1-4H3/q+2. The first-order valence-electron chi connectivity index (χ1n) is 10.5. The molecule has 7 rings (SSSR count). The number of hydrogen-bond acceptors (Lipinski definition) is 1. The van der Waals surface area contributed by atoms with Gasteiger partial charge in [0.15, 0.2) is 23.5 Å². The van der Waals surface area contributed by atoms with Gasteiger partial charge in [0.1, 0.15) is 11.5 Å². The van der Waals surface area contributed by atoms with E-state index in [9.17, 15) is 0 Å². The van der Waals surface area contributed by atoms with Crippen LogP contribution in [0.25, 0.3) is 22.5 Å². The molecule has 1 spiro atoms. The van der Waals surface area contributed by atoms with Crippen molar-refractivity contribution in [2.75, 3.05) is 0 Å². The number of fused-ring (bicyclic) bond motifs is 4. The van der Waals surface area contributed by atoms with E-state index in [0.717, 1.165) is 11.5 Å². The fourth-order valence-corrected chi connectivity index (χ4v) is 5.82. The molecule has 144 valence electrons. The van der Waals surface area contributed by atoms with Crippen molar-refractivity contribution >= 4 is 0 Å². The van der Waals surface area contributed by atoms with Crippen molar-refractivity contribution in [1.82, 2.24) is 0 Å². The number of nitrogens with zero attached hydrogens (tertiary/aromatic N) is 2. The summed E-state index contributed by atoms with van der Waals surface area (Å²) < 4.78 is 11.5. The molecule has 0 saturated carbocycles. The predicted molar refractivity (Wildman–Crippen MR) is 115 cm³/mol. The van der Waals surface area contributed by atoms with Crippen LogP contribution in [0.2, 0.25) is 0 Å². The fraction of sp³-hybridized carbons (Fsp3) is 0.185. The van der Waals surface area contributed by atoms with E-state index in [2.05, 4.69) is 97.8 Å². The molecule has 0 bridgehead atoms. The van der Waals surface area contributed by atoms with Crippen molar-refractivity contribution in [2.45, 2.75) is 33.4 Å². The number of hydrogen-bond donors (Lipinski definition) is 0. The lowest BCUT2D eigenvalue weighted by Gasteiger charge is -2.26. The van der Waals surface area contributed by atoms with Crippen LogP contribution >= 0.6 is 0 Å². The second kappa shape index (κ2) is 4.99. The summed E-state index contributed by atoms with van der Waals surface area (Å²) >= 11 is 0. The van der Waals surface area contributed by atoms with E-state index in [1.165, 1.54) is 55.9 Å². The van der Waals surface area contributed by atoms with Gasteiger partial charge < -0.3 is 4.74 Å². The molecule has 0 atom stereocenters. The number of rotatable bonds is 0. The summed E-state index contributed by atoms with van der Waals surface area (Å²) in [5, 5.41) is 0. The van der Waals surface area contributed by atoms with Crippen molar-refractivity contribution in [2.24, 2.45) is 0 Å². The number of ether oxygens (including phenoxy) is 1. The highest BCUT2D eigenvalue weighted by Gasteiger charge is 2.71. The molecule has 0 N–H and O–H groups in total. The van der Waals surface area contributed by atoms with Gasteiger partial charge in [0.25, 0.3) is 0 Å². The Morgan fingerprint density at radius 2 is 1.07 bits per heavy atom. The highest BCUT2D eigenvalue weighted by Crippen LogP contribution is 2.57. The smallest absolute Gasteiger partial charge is 0.424 e. The largest absolute Gasteiger partial charge is 0.456 e. The maximum atomic E-state index is 6.61. The minimum absolute atomic E-state index is 0.443. The molecule has 2 aromatic carbocycles. The topological polar surface area (TPSA) is 17.0 Å². The normalized spacial score (nSPS) is 15.2. The summed E-state index contributed by atoms with van der Waals surface area (Å²) in [6.07, 6.45) is 4.51. The lowest BCUT2D eigenvalue weighted by atomic mass is 9.85. The SMILES string of the molecule is Cc1cc2c3c(c1)-c1cc(C)cc[n+]1C31c3c(cc(C)cc3-c3cc(C)cc[n+]31)O2. The first kappa shape index (κ1) is 16.3. The van der Waals surface area contributed by atoms with Crippen molar-refractivity contribution in [3.8, 4) is 34.0 Å². The van der Waals surface area contributed by atoms with Gasteiger partial charge in [-0.3, -0.25) is 0 Å². The van der Waals surface area contributed by atoms with Gasteiger partial charge in [0.2, 0.25) is 11.4 Å². The van der Waals surface area contributed by atoms with Gasteiger partial charge in [-0.2, -0.15) is 0 Å². The van der Waals surface area contributed by atoms with E-state index in [1.54, 1.807) is 0 Å². The quantitative estimate of drug-likeness (QED) is 0.338. The fourth-order valence-electron chi connectivity index (χ4n) is 5.82. The highest BCUT2D eigenvalue weighted by atomic mass is 16.5. The van der Waals surface area contributed by atoms with Crippen LogP contribution in [0.5, 0.6) is 11.5 Å². The number of pyridine rings is 2. The van der Waals surface area contributed by atoms with Crippen LogP contribution < -0.4 is 13.9 Å². The molecule has 5 heterocycles. The molecule has 3 heteroatoms. The first-order valence-corrected chi connectivity index (χ1v) is 10.5. The van der Waals surface area contributed by atoms with E-state index in [1.807, 2.05) is 0 Å². The summed E-state index contributed by atoms with van der Waals surface area (Å²) in [4.78, 5) is 0. The Kier molecular flexibility index (Phi) is 2.72. The van der Waals surface area contributed by atoms with Crippen molar-refractivity contribution < 1.29 is 13.9 Å². The Balaban J connectivity index is 1.78.